The monoisotopic (exact) mass is 273 g/mol. The van der Waals surface area contributed by atoms with Gasteiger partial charge in [0.15, 0.2) is 0 Å². The lowest BCUT2D eigenvalue weighted by Gasteiger charge is -2.42. The highest BCUT2D eigenvalue weighted by molar-refractivity contribution is 7.99. The predicted molar refractivity (Wildman–Crippen MR) is 77.3 cm³/mol. The molecule has 2 aliphatic heterocycles. The average molecular weight is 273 g/mol. The highest BCUT2D eigenvalue weighted by Gasteiger charge is 2.43. The smallest absolute Gasteiger partial charge is 0.0783 e. The van der Waals surface area contributed by atoms with Crippen LogP contribution in [0.15, 0.2) is 0 Å². The Kier molecular flexibility index (Phi) is 5.36. The van der Waals surface area contributed by atoms with Gasteiger partial charge < -0.3 is 14.8 Å². The van der Waals surface area contributed by atoms with E-state index in [1.165, 1.54) is 24.3 Å². The molecule has 1 N–H and O–H groups in total. The van der Waals surface area contributed by atoms with Crippen molar-refractivity contribution in [2.75, 3.05) is 31.8 Å². The Morgan fingerprint density at radius 3 is 3.00 bits per heavy atom. The molecule has 0 amide bonds. The summed E-state index contributed by atoms with van der Waals surface area (Å²) in [5.74, 6) is 3.13. The lowest BCUT2D eigenvalue weighted by atomic mass is 9.80. The summed E-state index contributed by atoms with van der Waals surface area (Å²) >= 11 is 2.04. The van der Waals surface area contributed by atoms with E-state index in [2.05, 4.69) is 26.2 Å². The van der Waals surface area contributed by atoms with Crippen LogP contribution in [0.25, 0.3) is 0 Å². The number of hydrogen-bond acceptors (Lipinski definition) is 4. The molecule has 4 atom stereocenters. The van der Waals surface area contributed by atoms with E-state index in [-0.39, 0.29) is 11.7 Å². The van der Waals surface area contributed by atoms with E-state index in [1.54, 1.807) is 0 Å². The van der Waals surface area contributed by atoms with E-state index in [4.69, 9.17) is 9.47 Å². The molecule has 0 aromatic heterocycles. The Hall–Kier alpha value is 0.230. The third kappa shape index (κ3) is 3.21. The molecule has 3 nitrogen and oxygen atoms in total. The molecule has 0 bridgehead atoms. The Labute approximate surface area is 115 Å². The van der Waals surface area contributed by atoms with Gasteiger partial charge in [0.05, 0.1) is 11.7 Å². The first-order chi connectivity index (χ1) is 8.71. The van der Waals surface area contributed by atoms with Crippen molar-refractivity contribution in [3.63, 3.8) is 0 Å². The maximum absolute atomic E-state index is 6.10. The molecule has 106 valence electrons. The van der Waals surface area contributed by atoms with Crippen molar-refractivity contribution in [3.05, 3.63) is 0 Å². The highest BCUT2D eigenvalue weighted by Crippen LogP contribution is 2.41. The molecule has 1 spiro atoms. The molecule has 0 radical (unpaired) electrons. The number of thioether (sulfide) groups is 1. The number of nitrogens with one attached hydrogen (secondary N) is 1. The molecular formula is C14H27NO2S. The summed E-state index contributed by atoms with van der Waals surface area (Å²) in [5.41, 5.74) is 0.175. The molecular weight excluding hydrogens is 246 g/mol. The minimum absolute atomic E-state index is 0.175. The van der Waals surface area contributed by atoms with Gasteiger partial charge in [0, 0.05) is 25.0 Å². The molecule has 0 saturated carbocycles. The normalized spacial score (nSPS) is 35.8. The second-order valence-corrected chi connectivity index (χ2v) is 6.67. The summed E-state index contributed by atoms with van der Waals surface area (Å²) in [4.78, 5) is 0. The van der Waals surface area contributed by atoms with E-state index < -0.39 is 0 Å². The SMILES string of the molecule is CCOC(C)C(NC)C1CCOC2(CCSC2)C1. The van der Waals surface area contributed by atoms with Crippen LogP contribution in [0, 0.1) is 5.92 Å². The topological polar surface area (TPSA) is 30.5 Å². The first-order valence-corrected chi connectivity index (χ1v) is 8.37. The minimum Gasteiger partial charge on any atom is -0.377 e. The van der Waals surface area contributed by atoms with Gasteiger partial charge in [-0.2, -0.15) is 11.8 Å². The van der Waals surface area contributed by atoms with Gasteiger partial charge in [0.1, 0.15) is 0 Å². The fourth-order valence-electron chi connectivity index (χ4n) is 3.46. The van der Waals surface area contributed by atoms with Gasteiger partial charge >= 0.3 is 0 Å². The lowest BCUT2D eigenvalue weighted by Crippen LogP contribution is -2.50. The molecule has 4 heteroatoms. The van der Waals surface area contributed by atoms with Crippen molar-refractivity contribution < 1.29 is 9.47 Å². The van der Waals surface area contributed by atoms with Crippen molar-refractivity contribution in [1.29, 1.82) is 0 Å². The van der Waals surface area contributed by atoms with Gasteiger partial charge in [-0.05, 0) is 51.8 Å². The van der Waals surface area contributed by atoms with Gasteiger partial charge in [-0.25, -0.2) is 0 Å². The maximum atomic E-state index is 6.10. The fraction of sp³-hybridized carbons (Fsp3) is 1.00. The van der Waals surface area contributed by atoms with Crippen LogP contribution in [-0.4, -0.2) is 49.5 Å². The zero-order chi connectivity index (χ0) is 13.0. The number of ether oxygens (including phenoxy) is 2. The van der Waals surface area contributed by atoms with E-state index in [0.717, 1.165) is 19.6 Å². The molecule has 2 aliphatic rings. The van der Waals surface area contributed by atoms with Gasteiger partial charge in [0.2, 0.25) is 0 Å². The van der Waals surface area contributed by atoms with Gasteiger partial charge in [-0.15, -0.1) is 0 Å². The summed E-state index contributed by atoms with van der Waals surface area (Å²) in [5, 5.41) is 3.48. The fourth-order valence-corrected chi connectivity index (χ4v) is 4.83. The van der Waals surface area contributed by atoms with E-state index in [1.807, 2.05) is 11.8 Å². The molecule has 2 fully saturated rings. The quantitative estimate of drug-likeness (QED) is 0.832. The van der Waals surface area contributed by atoms with Crippen molar-refractivity contribution >= 4 is 11.8 Å². The summed E-state index contributed by atoms with van der Waals surface area (Å²) < 4.78 is 11.9. The Morgan fingerprint density at radius 1 is 1.56 bits per heavy atom. The van der Waals surface area contributed by atoms with Gasteiger partial charge in [-0.1, -0.05) is 0 Å². The summed E-state index contributed by atoms with van der Waals surface area (Å²) in [6.07, 6.45) is 3.88. The van der Waals surface area contributed by atoms with E-state index in [9.17, 15) is 0 Å². The summed E-state index contributed by atoms with van der Waals surface area (Å²) in [7, 11) is 2.06. The first-order valence-electron chi connectivity index (χ1n) is 7.21. The van der Waals surface area contributed by atoms with Crippen LogP contribution in [-0.2, 0) is 9.47 Å². The third-order valence-corrected chi connectivity index (χ3v) is 5.60. The summed E-state index contributed by atoms with van der Waals surface area (Å²) in [6.45, 7) is 5.98. The molecule has 2 heterocycles. The number of likely N-dealkylation sites (N-methyl/N-ethyl adjacent to an activating group) is 1. The van der Waals surface area contributed by atoms with Crippen LogP contribution in [0.5, 0.6) is 0 Å². The first kappa shape index (κ1) is 14.6. The standard InChI is InChI=1S/C14H27NO2S/c1-4-16-11(2)13(15-3)12-5-7-17-14(9-12)6-8-18-10-14/h11-13,15H,4-10H2,1-3H3. The largest absolute Gasteiger partial charge is 0.377 e. The minimum atomic E-state index is 0.175. The molecule has 18 heavy (non-hydrogen) atoms. The van der Waals surface area contributed by atoms with Crippen LogP contribution in [0.2, 0.25) is 0 Å². The molecule has 0 aliphatic carbocycles. The average Bonchev–Trinajstić information content (AvgIpc) is 2.79. The zero-order valence-electron chi connectivity index (χ0n) is 11.9. The molecule has 4 unspecified atom stereocenters. The second-order valence-electron chi connectivity index (χ2n) is 5.56. The maximum Gasteiger partial charge on any atom is 0.0783 e. The Morgan fingerprint density at radius 2 is 2.39 bits per heavy atom. The van der Waals surface area contributed by atoms with Gasteiger partial charge in [0.25, 0.3) is 0 Å². The van der Waals surface area contributed by atoms with Crippen molar-refractivity contribution in [2.45, 2.75) is 50.9 Å². The second kappa shape index (κ2) is 6.60. The highest BCUT2D eigenvalue weighted by atomic mass is 32.2. The molecule has 0 aromatic carbocycles. The van der Waals surface area contributed by atoms with E-state index in [0.29, 0.717) is 12.0 Å². The van der Waals surface area contributed by atoms with Crippen molar-refractivity contribution in [3.8, 4) is 0 Å². The Balaban J connectivity index is 1.97. The molecule has 2 rings (SSSR count). The Bertz CT molecular complexity index is 256. The van der Waals surface area contributed by atoms with Gasteiger partial charge in [-0.3, -0.25) is 0 Å². The van der Waals surface area contributed by atoms with Crippen molar-refractivity contribution in [1.82, 2.24) is 5.32 Å². The van der Waals surface area contributed by atoms with Crippen LogP contribution < -0.4 is 5.32 Å². The number of rotatable bonds is 5. The zero-order valence-corrected chi connectivity index (χ0v) is 12.7. The lowest BCUT2D eigenvalue weighted by molar-refractivity contribution is -0.0951. The molecule has 2 saturated heterocycles. The van der Waals surface area contributed by atoms with E-state index >= 15 is 0 Å². The molecule has 0 aromatic rings. The third-order valence-electron chi connectivity index (χ3n) is 4.37. The van der Waals surface area contributed by atoms with Crippen LogP contribution >= 0.6 is 11.8 Å². The van der Waals surface area contributed by atoms with Crippen LogP contribution in [0.4, 0.5) is 0 Å². The summed E-state index contributed by atoms with van der Waals surface area (Å²) in [6, 6.07) is 0.455. The van der Waals surface area contributed by atoms with Crippen LogP contribution in [0.3, 0.4) is 0 Å². The van der Waals surface area contributed by atoms with Crippen molar-refractivity contribution in [2.24, 2.45) is 5.92 Å². The van der Waals surface area contributed by atoms with Crippen LogP contribution in [0.1, 0.15) is 33.1 Å². The predicted octanol–water partition coefficient (Wildman–Crippen LogP) is 2.30. The number of hydrogen-bond donors (Lipinski definition) is 1.